The van der Waals surface area contributed by atoms with Crippen LogP contribution in [0.4, 0.5) is 8.78 Å². The second kappa shape index (κ2) is 8.49. The molecule has 0 radical (unpaired) electrons. The minimum atomic E-state index is -2.69. The molecular weight excluding hydrogens is 414 g/mol. The minimum absolute atomic E-state index is 0.137. The number of aromatic nitrogens is 5. The molecule has 32 heavy (non-hydrogen) atoms. The Balaban J connectivity index is 1.69. The summed E-state index contributed by atoms with van der Waals surface area (Å²) in [5, 5.41) is 11.8. The summed E-state index contributed by atoms with van der Waals surface area (Å²) in [6.07, 6.45) is -0.974. The lowest BCUT2D eigenvalue weighted by Gasteiger charge is -2.14. The Kier molecular flexibility index (Phi) is 5.73. The van der Waals surface area contributed by atoms with E-state index >= 15 is 0 Å². The van der Waals surface area contributed by atoms with Crippen molar-refractivity contribution in [3.05, 3.63) is 65.1 Å². The average molecular weight is 438 g/mol. The highest BCUT2D eigenvalue weighted by Crippen LogP contribution is 2.33. The highest BCUT2D eigenvalue weighted by atomic mass is 19.3. The van der Waals surface area contributed by atoms with E-state index in [2.05, 4.69) is 20.5 Å². The Hall–Kier alpha value is -3.62. The van der Waals surface area contributed by atoms with Gasteiger partial charge in [0.2, 0.25) is 5.91 Å². The largest absolute Gasteiger partial charge is 0.348 e. The van der Waals surface area contributed by atoms with E-state index in [1.54, 1.807) is 17.8 Å². The van der Waals surface area contributed by atoms with E-state index < -0.39 is 6.43 Å². The number of nitrogens with one attached hydrogen (secondary N) is 1. The molecule has 0 saturated heterocycles. The van der Waals surface area contributed by atoms with Crippen molar-refractivity contribution in [1.29, 1.82) is 0 Å². The van der Waals surface area contributed by atoms with Gasteiger partial charge in [-0.2, -0.15) is 10.2 Å². The van der Waals surface area contributed by atoms with Crippen LogP contribution in [0, 0.1) is 13.8 Å². The molecule has 3 heterocycles. The molecule has 0 aliphatic heterocycles. The molecule has 0 saturated carbocycles. The number of aryl methyl sites for hydroxylation is 2. The van der Waals surface area contributed by atoms with Gasteiger partial charge in [-0.25, -0.2) is 18.4 Å². The van der Waals surface area contributed by atoms with Crippen molar-refractivity contribution in [2.24, 2.45) is 7.05 Å². The van der Waals surface area contributed by atoms with Gasteiger partial charge in [0.1, 0.15) is 6.54 Å². The number of rotatable bonds is 6. The fourth-order valence-electron chi connectivity index (χ4n) is 3.87. The summed E-state index contributed by atoms with van der Waals surface area (Å²) in [4.78, 5) is 17.4. The normalized spacial score (nSPS) is 12.5. The third kappa shape index (κ3) is 3.98. The third-order valence-electron chi connectivity index (χ3n) is 5.62. The maximum absolute atomic E-state index is 13.9. The van der Waals surface area contributed by atoms with Gasteiger partial charge in [-0.05, 0) is 26.8 Å². The van der Waals surface area contributed by atoms with Gasteiger partial charge in [0, 0.05) is 29.4 Å². The van der Waals surface area contributed by atoms with Gasteiger partial charge in [-0.1, -0.05) is 30.3 Å². The van der Waals surface area contributed by atoms with E-state index in [-0.39, 0.29) is 35.1 Å². The maximum Gasteiger partial charge on any atom is 0.264 e. The van der Waals surface area contributed by atoms with Crippen molar-refractivity contribution >= 4 is 16.9 Å². The first kappa shape index (κ1) is 21.6. The van der Waals surface area contributed by atoms with Gasteiger partial charge in [0.05, 0.1) is 29.0 Å². The molecule has 9 heteroatoms. The lowest BCUT2D eigenvalue weighted by molar-refractivity contribution is -0.122. The summed E-state index contributed by atoms with van der Waals surface area (Å²) in [5.74, 6) is -0.296. The van der Waals surface area contributed by atoms with Gasteiger partial charge >= 0.3 is 0 Å². The first-order valence-electron chi connectivity index (χ1n) is 10.3. The van der Waals surface area contributed by atoms with E-state index in [1.807, 2.05) is 51.2 Å². The molecule has 0 bridgehead atoms. The predicted octanol–water partition coefficient (Wildman–Crippen LogP) is 4.26. The molecule has 0 aliphatic carbocycles. The van der Waals surface area contributed by atoms with Crippen LogP contribution in [-0.2, 0) is 18.4 Å². The number of alkyl halides is 2. The lowest BCUT2D eigenvalue weighted by Crippen LogP contribution is -2.30. The summed E-state index contributed by atoms with van der Waals surface area (Å²) in [6.45, 7) is 5.31. The van der Waals surface area contributed by atoms with E-state index in [0.29, 0.717) is 17.0 Å². The summed E-state index contributed by atoms with van der Waals surface area (Å²) in [5.41, 5.74) is 3.52. The van der Waals surface area contributed by atoms with Crippen molar-refractivity contribution in [2.45, 2.75) is 39.8 Å². The van der Waals surface area contributed by atoms with Gasteiger partial charge in [0.25, 0.3) is 6.43 Å². The molecule has 0 aliphatic rings. The molecule has 1 atom stereocenters. The van der Waals surface area contributed by atoms with Crippen LogP contribution in [0.1, 0.15) is 41.9 Å². The number of hydrogen-bond acceptors (Lipinski definition) is 4. The van der Waals surface area contributed by atoms with Crippen LogP contribution >= 0.6 is 0 Å². The zero-order valence-corrected chi connectivity index (χ0v) is 18.3. The van der Waals surface area contributed by atoms with Crippen LogP contribution in [0.15, 0.2) is 42.6 Å². The van der Waals surface area contributed by atoms with Crippen LogP contribution in [0.3, 0.4) is 0 Å². The topological polar surface area (TPSA) is 77.6 Å². The van der Waals surface area contributed by atoms with E-state index in [9.17, 15) is 13.6 Å². The Bertz CT molecular complexity index is 1280. The number of pyridine rings is 1. The third-order valence-corrected chi connectivity index (χ3v) is 5.62. The van der Waals surface area contributed by atoms with Gasteiger partial charge in [-0.3, -0.25) is 9.48 Å². The lowest BCUT2D eigenvalue weighted by atomic mass is 10.1. The maximum atomic E-state index is 13.9. The van der Waals surface area contributed by atoms with Crippen molar-refractivity contribution in [3.63, 3.8) is 0 Å². The number of fused-ring (bicyclic) bond motifs is 1. The molecule has 166 valence electrons. The first-order chi connectivity index (χ1) is 15.3. The van der Waals surface area contributed by atoms with Gasteiger partial charge in [0.15, 0.2) is 5.65 Å². The van der Waals surface area contributed by atoms with Crippen molar-refractivity contribution in [3.8, 4) is 11.3 Å². The molecule has 0 spiro atoms. The summed E-state index contributed by atoms with van der Waals surface area (Å²) < 4.78 is 30.9. The van der Waals surface area contributed by atoms with Crippen molar-refractivity contribution in [1.82, 2.24) is 29.9 Å². The quantitative estimate of drug-likeness (QED) is 0.488. The fourth-order valence-corrected chi connectivity index (χ4v) is 3.87. The number of halogens is 2. The van der Waals surface area contributed by atoms with Crippen LogP contribution < -0.4 is 5.32 Å². The molecule has 4 aromatic rings. The summed E-state index contributed by atoms with van der Waals surface area (Å²) in [6, 6.07) is 10.2. The molecule has 1 unspecified atom stereocenters. The van der Waals surface area contributed by atoms with E-state index in [0.717, 1.165) is 11.3 Å². The number of amides is 1. The Morgan fingerprint density at radius 3 is 2.50 bits per heavy atom. The SMILES string of the molecule is Cc1nn(CC(=O)NC(C)c2cnn(C)c2C)c2nc(-c3ccccc3)cc(C(F)F)c12. The fraction of sp³-hybridized carbons (Fsp3) is 0.304. The average Bonchev–Trinajstić information content (AvgIpc) is 3.26. The Morgan fingerprint density at radius 1 is 1.16 bits per heavy atom. The van der Waals surface area contributed by atoms with E-state index in [4.69, 9.17) is 0 Å². The highest BCUT2D eigenvalue weighted by Gasteiger charge is 2.22. The number of benzene rings is 1. The summed E-state index contributed by atoms with van der Waals surface area (Å²) >= 11 is 0. The molecule has 0 fully saturated rings. The molecule has 1 aromatic carbocycles. The summed E-state index contributed by atoms with van der Waals surface area (Å²) in [7, 11) is 1.84. The van der Waals surface area contributed by atoms with Gasteiger partial charge < -0.3 is 5.32 Å². The molecular formula is C23H24F2N6O. The molecule has 3 aromatic heterocycles. The number of hydrogen-bond donors (Lipinski definition) is 1. The zero-order valence-electron chi connectivity index (χ0n) is 18.3. The smallest absolute Gasteiger partial charge is 0.264 e. The highest BCUT2D eigenvalue weighted by molar-refractivity contribution is 5.87. The second-order valence-corrected chi connectivity index (χ2v) is 7.80. The van der Waals surface area contributed by atoms with Crippen molar-refractivity contribution in [2.75, 3.05) is 0 Å². The first-order valence-corrected chi connectivity index (χ1v) is 10.3. The van der Waals surface area contributed by atoms with Crippen LogP contribution in [0.5, 0.6) is 0 Å². The Morgan fingerprint density at radius 2 is 1.88 bits per heavy atom. The minimum Gasteiger partial charge on any atom is -0.348 e. The predicted molar refractivity (Wildman–Crippen MR) is 117 cm³/mol. The van der Waals surface area contributed by atoms with Crippen LogP contribution in [0.2, 0.25) is 0 Å². The van der Waals surface area contributed by atoms with Gasteiger partial charge in [-0.15, -0.1) is 0 Å². The van der Waals surface area contributed by atoms with Crippen molar-refractivity contribution < 1.29 is 13.6 Å². The zero-order chi connectivity index (χ0) is 23.0. The molecule has 7 nitrogen and oxygen atoms in total. The Labute approximate surface area is 184 Å². The number of carbonyl (C=O) groups is 1. The van der Waals surface area contributed by atoms with Crippen LogP contribution in [0.25, 0.3) is 22.3 Å². The molecule has 1 N–H and O–H groups in total. The standard InChI is InChI=1S/C23H24F2N6O/c1-13(18-11-26-30(4)15(18)3)27-20(32)12-31-23-21(14(2)29-31)17(22(24)25)10-19(28-23)16-8-6-5-7-9-16/h5-11,13,22H,12H2,1-4H3,(H,27,32). The van der Waals surface area contributed by atoms with Crippen LogP contribution in [-0.4, -0.2) is 30.5 Å². The molecule has 1 amide bonds. The van der Waals surface area contributed by atoms with E-state index in [1.165, 1.54) is 10.7 Å². The number of nitrogens with zero attached hydrogens (tertiary/aromatic N) is 5. The second-order valence-electron chi connectivity index (χ2n) is 7.80. The molecule has 4 rings (SSSR count). The number of carbonyl (C=O) groups excluding carboxylic acids is 1. The monoisotopic (exact) mass is 438 g/mol.